The van der Waals surface area contributed by atoms with Crippen molar-refractivity contribution in [3.8, 4) is 0 Å². The lowest BCUT2D eigenvalue weighted by Gasteiger charge is -2.35. The van der Waals surface area contributed by atoms with E-state index in [1.165, 1.54) is 0 Å². The van der Waals surface area contributed by atoms with Gasteiger partial charge < -0.3 is 20.9 Å². The summed E-state index contributed by atoms with van der Waals surface area (Å²) in [6.45, 7) is -0.953. The molecule has 1 aliphatic carbocycles. The third kappa shape index (κ3) is 4.37. The van der Waals surface area contributed by atoms with Crippen molar-refractivity contribution in [3.63, 3.8) is 0 Å². The number of halogens is 1. The van der Waals surface area contributed by atoms with Crippen LogP contribution in [0.5, 0.6) is 0 Å². The van der Waals surface area contributed by atoms with Crippen LogP contribution in [0.25, 0.3) is 0 Å². The Labute approximate surface area is 118 Å². The van der Waals surface area contributed by atoms with Gasteiger partial charge in [-0.3, -0.25) is 10.1 Å². The van der Waals surface area contributed by atoms with Gasteiger partial charge in [0.05, 0.1) is 12.7 Å². The second-order valence-electron chi connectivity index (χ2n) is 5.74. The first kappa shape index (κ1) is 15.6. The molecule has 1 saturated heterocycles. The van der Waals surface area contributed by atoms with Crippen molar-refractivity contribution < 1.29 is 19.0 Å². The molecule has 1 heterocycles. The van der Waals surface area contributed by atoms with Gasteiger partial charge in [0.25, 0.3) is 5.91 Å². The summed E-state index contributed by atoms with van der Waals surface area (Å²) >= 11 is 0. The number of carbonyl (C=O) groups is 1. The quantitative estimate of drug-likeness (QED) is 0.542. The van der Waals surface area contributed by atoms with Crippen molar-refractivity contribution in [2.75, 3.05) is 13.3 Å². The third-order valence-corrected chi connectivity index (χ3v) is 3.96. The van der Waals surface area contributed by atoms with Gasteiger partial charge in [-0.1, -0.05) is 0 Å². The highest BCUT2D eigenvalue weighted by molar-refractivity contribution is 5.77. The van der Waals surface area contributed by atoms with E-state index in [1.807, 2.05) is 0 Å². The van der Waals surface area contributed by atoms with Crippen molar-refractivity contribution in [1.29, 1.82) is 0 Å². The number of aliphatic hydroxyl groups excluding tert-OH is 1. The Morgan fingerprint density at radius 3 is 2.70 bits per heavy atom. The van der Waals surface area contributed by atoms with E-state index in [0.29, 0.717) is 6.42 Å². The second kappa shape index (κ2) is 7.31. The zero-order chi connectivity index (χ0) is 14.5. The predicted octanol–water partition coefficient (Wildman–Crippen LogP) is -0.592. The highest BCUT2D eigenvalue weighted by atomic mass is 19.1. The van der Waals surface area contributed by atoms with E-state index < -0.39 is 12.6 Å². The summed E-state index contributed by atoms with van der Waals surface area (Å²) in [6.07, 6.45) is 3.75. The Balaban J connectivity index is 1.80. The van der Waals surface area contributed by atoms with Gasteiger partial charge in [0.15, 0.2) is 6.67 Å². The van der Waals surface area contributed by atoms with Crippen molar-refractivity contribution in [2.24, 2.45) is 5.73 Å². The molecule has 7 heteroatoms. The minimum Gasteiger partial charge on any atom is -0.394 e. The number of amides is 1. The van der Waals surface area contributed by atoms with E-state index in [0.717, 1.165) is 25.7 Å². The van der Waals surface area contributed by atoms with Gasteiger partial charge in [0.1, 0.15) is 6.23 Å². The Morgan fingerprint density at radius 1 is 1.30 bits per heavy atom. The van der Waals surface area contributed by atoms with Crippen LogP contribution in [0.15, 0.2) is 0 Å². The van der Waals surface area contributed by atoms with E-state index in [2.05, 4.69) is 10.6 Å². The molecule has 2 rings (SSSR count). The SMILES string of the molecule is NC1CC(NC(=O)CF)CC(NC2CCC(CO)O2)C1. The van der Waals surface area contributed by atoms with Gasteiger partial charge in [-0.2, -0.15) is 0 Å². The minimum absolute atomic E-state index is 0.0128. The fraction of sp³-hybridized carbons (Fsp3) is 0.923. The smallest absolute Gasteiger partial charge is 0.251 e. The fourth-order valence-corrected chi connectivity index (χ4v) is 3.11. The molecule has 1 aliphatic heterocycles. The van der Waals surface area contributed by atoms with E-state index in [9.17, 15) is 9.18 Å². The van der Waals surface area contributed by atoms with Gasteiger partial charge >= 0.3 is 0 Å². The molecule has 0 aromatic rings. The molecule has 1 saturated carbocycles. The summed E-state index contributed by atoms with van der Waals surface area (Å²) in [6, 6.07) is 0.0434. The van der Waals surface area contributed by atoms with Crippen molar-refractivity contribution >= 4 is 5.91 Å². The summed E-state index contributed by atoms with van der Waals surface area (Å²) in [7, 11) is 0. The van der Waals surface area contributed by atoms with Gasteiger partial charge in [-0.15, -0.1) is 0 Å². The van der Waals surface area contributed by atoms with Gasteiger partial charge in [-0.25, -0.2) is 4.39 Å². The number of nitrogens with one attached hydrogen (secondary N) is 2. The van der Waals surface area contributed by atoms with Crippen LogP contribution < -0.4 is 16.4 Å². The number of nitrogens with two attached hydrogens (primary N) is 1. The normalized spacial score (nSPS) is 37.9. The number of hydrogen-bond acceptors (Lipinski definition) is 5. The van der Waals surface area contributed by atoms with Gasteiger partial charge in [0.2, 0.25) is 0 Å². The molecule has 0 aromatic carbocycles. The Bertz CT molecular complexity index is 332. The van der Waals surface area contributed by atoms with E-state index in [-0.39, 0.29) is 37.1 Å². The Morgan fingerprint density at radius 2 is 2.05 bits per heavy atom. The first-order valence-corrected chi connectivity index (χ1v) is 7.24. The molecule has 20 heavy (non-hydrogen) atoms. The standard InChI is InChI=1S/C13H24FN3O3/c14-6-12(19)16-9-3-8(15)4-10(5-9)17-13-2-1-11(7-18)20-13/h8-11,13,17-18H,1-7,15H2,(H,16,19). The molecule has 5 unspecified atom stereocenters. The molecule has 2 aliphatic rings. The average molecular weight is 289 g/mol. The molecular formula is C13H24FN3O3. The monoisotopic (exact) mass is 289 g/mol. The van der Waals surface area contributed by atoms with E-state index in [1.54, 1.807) is 0 Å². The number of carbonyl (C=O) groups excluding carboxylic acids is 1. The average Bonchev–Trinajstić information content (AvgIpc) is 2.85. The van der Waals surface area contributed by atoms with Crippen molar-refractivity contribution in [1.82, 2.24) is 10.6 Å². The predicted molar refractivity (Wildman–Crippen MR) is 71.6 cm³/mol. The van der Waals surface area contributed by atoms with Crippen LogP contribution in [-0.2, 0) is 9.53 Å². The summed E-state index contributed by atoms with van der Waals surface area (Å²) in [4.78, 5) is 11.1. The maximum absolute atomic E-state index is 12.2. The van der Waals surface area contributed by atoms with Crippen LogP contribution in [0, 0.1) is 0 Å². The lowest BCUT2D eigenvalue weighted by molar-refractivity contribution is -0.122. The lowest BCUT2D eigenvalue weighted by atomic mass is 9.87. The summed E-state index contributed by atoms with van der Waals surface area (Å²) in [5.74, 6) is -0.583. The molecule has 1 amide bonds. The van der Waals surface area contributed by atoms with Crippen molar-refractivity contribution in [3.05, 3.63) is 0 Å². The van der Waals surface area contributed by atoms with Crippen LogP contribution in [0.4, 0.5) is 4.39 Å². The molecular weight excluding hydrogens is 265 g/mol. The molecule has 116 valence electrons. The van der Waals surface area contributed by atoms with Crippen molar-refractivity contribution in [2.45, 2.75) is 62.6 Å². The minimum atomic E-state index is -0.992. The molecule has 0 spiro atoms. The molecule has 5 atom stereocenters. The lowest BCUT2D eigenvalue weighted by Crippen LogP contribution is -2.52. The third-order valence-electron chi connectivity index (χ3n) is 3.96. The number of ether oxygens (including phenoxy) is 1. The van der Waals surface area contributed by atoms with E-state index >= 15 is 0 Å². The van der Waals surface area contributed by atoms with Gasteiger partial charge in [0, 0.05) is 18.1 Å². The maximum Gasteiger partial charge on any atom is 0.251 e. The Kier molecular flexibility index (Phi) is 5.71. The fourth-order valence-electron chi connectivity index (χ4n) is 3.11. The molecule has 0 bridgehead atoms. The van der Waals surface area contributed by atoms with E-state index in [4.69, 9.17) is 15.6 Å². The summed E-state index contributed by atoms with van der Waals surface area (Å²) < 4.78 is 17.9. The first-order valence-electron chi connectivity index (χ1n) is 7.24. The van der Waals surface area contributed by atoms with Crippen LogP contribution in [0.2, 0.25) is 0 Å². The van der Waals surface area contributed by atoms with Crippen LogP contribution in [0.1, 0.15) is 32.1 Å². The van der Waals surface area contributed by atoms with Gasteiger partial charge in [-0.05, 0) is 32.1 Å². The van der Waals surface area contributed by atoms with Crippen LogP contribution in [0.3, 0.4) is 0 Å². The van der Waals surface area contributed by atoms with Crippen LogP contribution >= 0.6 is 0 Å². The summed E-state index contributed by atoms with van der Waals surface area (Å²) in [5, 5.41) is 15.1. The zero-order valence-electron chi connectivity index (χ0n) is 11.6. The molecule has 0 radical (unpaired) electrons. The molecule has 6 nitrogen and oxygen atoms in total. The summed E-state index contributed by atoms with van der Waals surface area (Å²) in [5.41, 5.74) is 5.99. The number of aliphatic hydroxyl groups is 1. The topological polar surface area (TPSA) is 96.6 Å². The zero-order valence-corrected chi connectivity index (χ0v) is 11.6. The molecule has 2 fully saturated rings. The molecule has 0 aromatic heterocycles. The number of rotatable bonds is 5. The van der Waals surface area contributed by atoms with Crippen LogP contribution in [-0.4, -0.2) is 54.8 Å². The number of hydrogen-bond donors (Lipinski definition) is 4. The highest BCUT2D eigenvalue weighted by Gasteiger charge is 2.32. The maximum atomic E-state index is 12.2. The highest BCUT2D eigenvalue weighted by Crippen LogP contribution is 2.22. The second-order valence-corrected chi connectivity index (χ2v) is 5.74. The largest absolute Gasteiger partial charge is 0.394 e. The number of alkyl halides is 1. The Hall–Kier alpha value is -0.760. The first-order chi connectivity index (χ1) is 9.60. The molecule has 5 N–H and O–H groups in total.